The van der Waals surface area contributed by atoms with E-state index in [1.54, 1.807) is 37.2 Å². The maximum absolute atomic E-state index is 11.8. The predicted octanol–water partition coefficient (Wildman–Crippen LogP) is 2.69. The van der Waals surface area contributed by atoms with Crippen molar-refractivity contribution in [2.24, 2.45) is 0 Å². The number of halogens is 1. The van der Waals surface area contributed by atoms with E-state index in [-0.39, 0.29) is 11.3 Å². The van der Waals surface area contributed by atoms with Crippen LogP contribution in [0.1, 0.15) is 30.1 Å². The van der Waals surface area contributed by atoms with Crippen LogP contribution in [0, 0.1) is 11.3 Å². The molecule has 0 bridgehead atoms. The number of alkyl halides is 1. The first-order chi connectivity index (χ1) is 9.93. The number of fused-ring (bicyclic) bond motifs is 1. The van der Waals surface area contributed by atoms with Gasteiger partial charge in [-0.3, -0.25) is 4.79 Å². The maximum Gasteiger partial charge on any atom is 0.223 e. The number of benzene rings is 1. The molecular formula is C15H17ClN4O. The molecule has 0 aliphatic rings. The van der Waals surface area contributed by atoms with Gasteiger partial charge in [-0.05, 0) is 25.1 Å². The van der Waals surface area contributed by atoms with Crippen LogP contribution in [0.15, 0.2) is 18.2 Å². The molecule has 1 atom stereocenters. The smallest absolute Gasteiger partial charge is 0.223 e. The minimum absolute atomic E-state index is 0.0430. The minimum atomic E-state index is -0.266. The van der Waals surface area contributed by atoms with Crippen molar-refractivity contribution in [3.8, 4) is 6.07 Å². The summed E-state index contributed by atoms with van der Waals surface area (Å²) in [6.45, 7) is 2.34. The van der Waals surface area contributed by atoms with Gasteiger partial charge in [0.25, 0.3) is 0 Å². The van der Waals surface area contributed by atoms with Gasteiger partial charge in [0, 0.05) is 27.1 Å². The van der Waals surface area contributed by atoms with Crippen LogP contribution in [0.25, 0.3) is 11.0 Å². The van der Waals surface area contributed by atoms with E-state index in [0.717, 1.165) is 11.0 Å². The molecule has 1 aromatic carbocycles. The molecule has 0 saturated carbocycles. The van der Waals surface area contributed by atoms with E-state index in [2.05, 4.69) is 11.1 Å². The summed E-state index contributed by atoms with van der Waals surface area (Å²) < 4.78 is 1.93. The van der Waals surface area contributed by atoms with Crippen molar-refractivity contribution in [3.63, 3.8) is 0 Å². The molecule has 1 heterocycles. The highest BCUT2D eigenvalue weighted by Gasteiger charge is 2.16. The third kappa shape index (κ3) is 3.17. The number of nitrogens with zero attached hydrogens (tertiary/aromatic N) is 4. The Labute approximate surface area is 128 Å². The van der Waals surface area contributed by atoms with Crippen molar-refractivity contribution in [2.75, 3.05) is 14.1 Å². The first-order valence-corrected chi connectivity index (χ1v) is 7.12. The lowest BCUT2D eigenvalue weighted by Gasteiger charge is -2.13. The average molecular weight is 305 g/mol. The summed E-state index contributed by atoms with van der Waals surface area (Å²) in [5, 5.41) is 8.76. The van der Waals surface area contributed by atoms with Gasteiger partial charge in [0.15, 0.2) is 0 Å². The fourth-order valence-electron chi connectivity index (χ4n) is 2.18. The molecule has 0 aliphatic carbocycles. The Morgan fingerprint density at radius 2 is 2.24 bits per heavy atom. The second kappa shape index (κ2) is 6.15. The molecule has 1 amide bonds. The molecule has 1 aromatic heterocycles. The van der Waals surface area contributed by atoms with Crippen LogP contribution in [0.3, 0.4) is 0 Å². The molecule has 0 fully saturated rings. The van der Waals surface area contributed by atoms with Crippen molar-refractivity contribution in [1.29, 1.82) is 5.26 Å². The van der Waals surface area contributed by atoms with Crippen LogP contribution in [0.5, 0.6) is 0 Å². The molecule has 110 valence electrons. The van der Waals surface area contributed by atoms with E-state index in [4.69, 9.17) is 16.9 Å². The van der Waals surface area contributed by atoms with E-state index in [9.17, 15) is 4.79 Å². The molecular weight excluding hydrogens is 288 g/mol. The largest absolute Gasteiger partial charge is 0.349 e. The molecule has 1 unspecified atom stereocenters. The Morgan fingerprint density at radius 1 is 1.52 bits per heavy atom. The maximum atomic E-state index is 11.8. The number of hydrogen-bond acceptors (Lipinski definition) is 3. The topological polar surface area (TPSA) is 61.9 Å². The molecule has 6 heteroatoms. The van der Waals surface area contributed by atoms with E-state index in [1.807, 2.05) is 11.5 Å². The third-order valence-electron chi connectivity index (χ3n) is 3.31. The first kappa shape index (κ1) is 15.3. The zero-order valence-corrected chi connectivity index (χ0v) is 13.1. The zero-order valence-electron chi connectivity index (χ0n) is 12.3. The molecule has 0 aliphatic heterocycles. The first-order valence-electron chi connectivity index (χ1n) is 6.68. The number of aromatic nitrogens is 2. The summed E-state index contributed by atoms with van der Waals surface area (Å²) in [7, 11) is 3.46. The molecule has 0 saturated heterocycles. The Balaban J connectivity index is 2.45. The van der Waals surface area contributed by atoms with Gasteiger partial charge in [0.1, 0.15) is 5.82 Å². The number of aryl methyl sites for hydroxylation is 1. The van der Waals surface area contributed by atoms with E-state index >= 15 is 0 Å². The number of carbonyl (C=O) groups is 1. The summed E-state index contributed by atoms with van der Waals surface area (Å²) in [5.74, 6) is 0.759. The van der Waals surface area contributed by atoms with Gasteiger partial charge in [-0.1, -0.05) is 0 Å². The van der Waals surface area contributed by atoms with Crippen molar-refractivity contribution < 1.29 is 4.79 Å². The lowest BCUT2D eigenvalue weighted by molar-refractivity contribution is -0.128. The van der Waals surface area contributed by atoms with Gasteiger partial charge in [0.2, 0.25) is 5.91 Å². The van der Waals surface area contributed by atoms with Gasteiger partial charge in [-0.25, -0.2) is 4.98 Å². The fourth-order valence-corrected chi connectivity index (χ4v) is 2.35. The molecule has 5 nitrogen and oxygen atoms in total. The SMILES string of the molecule is CC(Cl)c1nc2ccc(C#N)cc2n1CCC(=O)N(C)C. The quantitative estimate of drug-likeness (QED) is 0.816. The molecule has 0 N–H and O–H groups in total. The second-order valence-corrected chi connectivity index (χ2v) is 5.75. The van der Waals surface area contributed by atoms with Crippen molar-refractivity contribution >= 4 is 28.5 Å². The molecule has 21 heavy (non-hydrogen) atoms. The molecule has 2 rings (SSSR count). The Hall–Kier alpha value is -2.06. The number of nitriles is 1. The van der Waals surface area contributed by atoms with Crippen LogP contribution >= 0.6 is 11.6 Å². The van der Waals surface area contributed by atoms with Gasteiger partial charge >= 0.3 is 0 Å². The minimum Gasteiger partial charge on any atom is -0.349 e. The molecule has 0 spiro atoms. The summed E-state index contributed by atoms with van der Waals surface area (Å²) in [6, 6.07) is 7.44. The summed E-state index contributed by atoms with van der Waals surface area (Å²) in [4.78, 5) is 17.9. The lowest BCUT2D eigenvalue weighted by Crippen LogP contribution is -2.23. The summed E-state index contributed by atoms with van der Waals surface area (Å²) in [5.41, 5.74) is 2.19. The standard InChI is InChI=1S/C15H17ClN4O/c1-10(16)15-18-12-5-4-11(9-17)8-13(12)20(15)7-6-14(21)19(2)3/h4-5,8,10H,6-7H2,1-3H3. The van der Waals surface area contributed by atoms with E-state index < -0.39 is 0 Å². The highest BCUT2D eigenvalue weighted by molar-refractivity contribution is 6.20. The van der Waals surface area contributed by atoms with Gasteiger partial charge < -0.3 is 9.47 Å². The zero-order chi connectivity index (χ0) is 15.6. The molecule has 2 aromatic rings. The average Bonchev–Trinajstić information content (AvgIpc) is 2.82. The number of hydrogen-bond donors (Lipinski definition) is 0. The molecule has 0 radical (unpaired) electrons. The van der Waals surface area contributed by atoms with Crippen molar-refractivity contribution in [3.05, 3.63) is 29.6 Å². The van der Waals surface area contributed by atoms with Gasteiger partial charge in [0.05, 0.1) is 28.0 Å². The Morgan fingerprint density at radius 3 is 2.81 bits per heavy atom. The summed E-state index contributed by atoms with van der Waals surface area (Å²) in [6.07, 6.45) is 0.367. The second-order valence-electron chi connectivity index (χ2n) is 5.09. The number of rotatable bonds is 4. The third-order valence-corrected chi connectivity index (χ3v) is 3.51. The summed E-state index contributed by atoms with van der Waals surface area (Å²) >= 11 is 6.19. The monoisotopic (exact) mass is 304 g/mol. The Bertz CT molecular complexity index is 712. The van der Waals surface area contributed by atoms with Crippen LogP contribution in [-0.2, 0) is 11.3 Å². The van der Waals surface area contributed by atoms with E-state index in [0.29, 0.717) is 24.4 Å². The number of amides is 1. The van der Waals surface area contributed by atoms with Crippen LogP contribution in [-0.4, -0.2) is 34.5 Å². The highest BCUT2D eigenvalue weighted by atomic mass is 35.5. The van der Waals surface area contributed by atoms with Gasteiger partial charge in [-0.2, -0.15) is 5.26 Å². The predicted molar refractivity (Wildman–Crippen MR) is 82.0 cm³/mol. The van der Waals surface area contributed by atoms with Crippen LogP contribution in [0.4, 0.5) is 0 Å². The van der Waals surface area contributed by atoms with Crippen molar-refractivity contribution in [2.45, 2.75) is 25.3 Å². The number of imidazole rings is 1. The van der Waals surface area contributed by atoms with Crippen LogP contribution < -0.4 is 0 Å². The Kier molecular flexibility index (Phi) is 4.49. The van der Waals surface area contributed by atoms with E-state index in [1.165, 1.54) is 0 Å². The lowest BCUT2D eigenvalue weighted by atomic mass is 10.2. The number of carbonyl (C=O) groups excluding carboxylic acids is 1. The van der Waals surface area contributed by atoms with Crippen LogP contribution in [0.2, 0.25) is 0 Å². The van der Waals surface area contributed by atoms with Crippen molar-refractivity contribution in [1.82, 2.24) is 14.5 Å². The van der Waals surface area contributed by atoms with Gasteiger partial charge in [-0.15, -0.1) is 11.6 Å². The highest BCUT2D eigenvalue weighted by Crippen LogP contribution is 2.25. The normalized spacial score (nSPS) is 12.1. The fraction of sp³-hybridized carbons (Fsp3) is 0.400.